The van der Waals surface area contributed by atoms with Gasteiger partial charge in [-0.25, -0.2) is 0 Å². The van der Waals surface area contributed by atoms with E-state index in [1.54, 1.807) is 24.0 Å². The van der Waals surface area contributed by atoms with Crippen molar-refractivity contribution in [3.63, 3.8) is 0 Å². The van der Waals surface area contributed by atoms with Crippen LogP contribution in [0.1, 0.15) is 142 Å². The molecule has 1 aromatic carbocycles. The molecule has 1 rings (SSSR count). The average Bonchev–Trinajstić information content (AvgIpc) is 2.81. The highest BCUT2D eigenvalue weighted by Crippen LogP contribution is 2.63. The lowest BCUT2D eigenvalue weighted by molar-refractivity contribution is 0.615. The molecule has 0 fully saturated rings. The Bertz CT molecular complexity index is 454. The number of benzene rings is 1. The third-order valence-corrected chi connectivity index (χ3v) is 12.1. The molecule has 0 spiro atoms. The molecule has 0 aromatic heterocycles. The van der Waals surface area contributed by atoms with Crippen LogP contribution in [0.3, 0.4) is 0 Å². The molecule has 0 bridgehead atoms. The smallest absolute Gasteiger partial charge is 0.0654 e. The topological polar surface area (TPSA) is 0 Å². The summed E-state index contributed by atoms with van der Waals surface area (Å²) in [4.78, 5) is 0. The lowest BCUT2D eigenvalue weighted by atomic mass is 10.1. The zero-order valence-electron chi connectivity index (χ0n) is 22.4. The van der Waals surface area contributed by atoms with Crippen molar-refractivity contribution in [2.75, 3.05) is 18.5 Å². The average molecular weight is 462 g/mol. The van der Waals surface area contributed by atoms with Gasteiger partial charge in [-0.3, -0.25) is 0 Å². The van der Waals surface area contributed by atoms with Gasteiger partial charge in [0.25, 0.3) is 0 Å². The molecule has 0 amide bonds. The fraction of sp³-hybridized carbons (Fsp3) is 0.806. The minimum Gasteiger partial charge on any atom is -0.0654 e. The first-order valence-electron chi connectivity index (χ1n) is 14.7. The molecule has 0 nitrogen and oxygen atoms in total. The van der Waals surface area contributed by atoms with Crippen LogP contribution in [0.4, 0.5) is 0 Å². The van der Waals surface area contributed by atoms with E-state index in [1.807, 2.05) is 0 Å². The van der Waals surface area contributed by atoms with Crippen molar-refractivity contribution >= 4 is 7.26 Å². The van der Waals surface area contributed by atoms with Crippen molar-refractivity contribution in [1.29, 1.82) is 0 Å². The Morgan fingerprint density at radius 2 is 0.781 bits per heavy atom. The molecule has 1 heteroatoms. The summed E-state index contributed by atoms with van der Waals surface area (Å²) in [7, 11) is -0.885. The van der Waals surface area contributed by atoms with Gasteiger partial charge in [0.1, 0.15) is 0 Å². The zero-order valence-corrected chi connectivity index (χ0v) is 23.3. The lowest BCUT2D eigenvalue weighted by Gasteiger charge is -2.28. The molecule has 32 heavy (non-hydrogen) atoms. The third kappa shape index (κ3) is 15.5. The van der Waals surface area contributed by atoms with Crippen LogP contribution in [0.2, 0.25) is 0 Å². The van der Waals surface area contributed by atoms with Gasteiger partial charge in [-0.05, 0) is 44.1 Å². The van der Waals surface area contributed by atoms with Crippen LogP contribution >= 0.6 is 7.26 Å². The lowest BCUT2D eigenvalue weighted by Crippen LogP contribution is -2.12. The highest BCUT2D eigenvalue weighted by Gasteiger charge is 2.35. The van der Waals surface area contributed by atoms with Gasteiger partial charge in [0.05, 0.1) is 24.6 Å². The summed E-state index contributed by atoms with van der Waals surface area (Å²) in [5, 5.41) is 0. The van der Waals surface area contributed by atoms with E-state index in [2.05, 4.69) is 51.1 Å². The molecular weight excluding hydrogens is 403 g/mol. The molecule has 0 saturated heterocycles. The quantitative estimate of drug-likeness (QED) is 0.112. The molecule has 0 heterocycles. The Hall–Kier alpha value is -0.350. The van der Waals surface area contributed by atoms with Crippen LogP contribution in [-0.2, 0) is 6.16 Å². The first-order valence-corrected chi connectivity index (χ1v) is 17.2. The summed E-state index contributed by atoms with van der Waals surface area (Å²) in [6, 6.07) is 11.6. The predicted molar refractivity (Wildman–Crippen MR) is 152 cm³/mol. The molecule has 0 unspecified atom stereocenters. The van der Waals surface area contributed by atoms with Crippen LogP contribution in [-0.4, -0.2) is 18.5 Å². The summed E-state index contributed by atoms with van der Waals surface area (Å²) in [6.07, 6.45) is 32.2. The van der Waals surface area contributed by atoms with Gasteiger partial charge in [0, 0.05) is 7.26 Å². The van der Waals surface area contributed by atoms with Gasteiger partial charge in [-0.1, -0.05) is 128 Å². The molecular formula is C31H58P+. The van der Waals surface area contributed by atoms with E-state index in [0.717, 1.165) is 0 Å². The Kier molecular flexibility index (Phi) is 19.7. The van der Waals surface area contributed by atoms with E-state index in [9.17, 15) is 0 Å². The first kappa shape index (κ1) is 29.7. The predicted octanol–water partition coefficient (Wildman–Crippen LogP) is 11.3. The minimum absolute atomic E-state index is 0.885. The monoisotopic (exact) mass is 461 g/mol. The van der Waals surface area contributed by atoms with Crippen molar-refractivity contribution in [2.45, 2.75) is 143 Å². The highest BCUT2D eigenvalue weighted by molar-refractivity contribution is 7.75. The van der Waals surface area contributed by atoms with E-state index in [1.165, 1.54) is 122 Å². The van der Waals surface area contributed by atoms with E-state index in [-0.39, 0.29) is 0 Å². The number of unbranched alkanes of at least 4 members (excludes halogenated alkanes) is 15. The number of hydrogen-bond donors (Lipinski definition) is 0. The largest absolute Gasteiger partial charge is 0.0842 e. The third-order valence-electron chi connectivity index (χ3n) is 7.32. The number of rotatable bonds is 23. The van der Waals surface area contributed by atoms with Gasteiger partial charge >= 0.3 is 0 Å². The van der Waals surface area contributed by atoms with Crippen molar-refractivity contribution in [2.24, 2.45) is 0 Å². The summed E-state index contributed by atoms with van der Waals surface area (Å²) in [6.45, 7) is 6.99. The second-order valence-corrected chi connectivity index (χ2v) is 14.8. The SMILES string of the molecule is CCCCCCCC[P+](CCCCCCCC)(CCCCCCCC)Cc1ccccc1. The van der Waals surface area contributed by atoms with Crippen molar-refractivity contribution in [1.82, 2.24) is 0 Å². The van der Waals surface area contributed by atoms with Gasteiger partial charge in [0.15, 0.2) is 0 Å². The zero-order chi connectivity index (χ0) is 23.2. The Balaban J connectivity index is 2.70. The maximum Gasteiger partial charge on any atom is 0.0842 e. The molecule has 0 aliphatic heterocycles. The van der Waals surface area contributed by atoms with Crippen molar-refractivity contribution < 1.29 is 0 Å². The Labute approximate surface area is 204 Å². The fourth-order valence-electron chi connectivity index (χ4n) is 5.23. The highest BCUT2D eigenvalue weighted by atomic mass is 31.2. The normalized spacial score (nSPS) is 11.8. The molecule has 0 saturated carbocycles. The summed E-state index contributed by atoms with van der Waals surface area (Å²) in [5.41, 5.74) is 1.63. The van der Waals surface area contributed by atoms with Crippen LogP contribution in [0.25, 0.3) is 0 Å². The van der Waals surface area contributed by atoms with Gasteiger partial charge in [0.2, 0.25) is 0 Å². The molecule has 0 N–H and O–H groups in total. The standard InChI is InChI=1S/C31H58P/c1-4-7-10-13-16-22-27-32(28-23-17-14-11-8-5-2,29-24-18-15-12-9-6-3)30-31-25-20-19-21-26-31/h19-21,25-26H,4-18,22-24,27-30H2,1-3H3/q+1. The first-order chi connectivity index (χ1) is 15.8. The van der Waals surface area contributed by atoms with Crippen LogP contribution in [0, 0.1) is 0 Å². The van der Waals surface area contributed by atoms with Crippen LogP contribution < -0.4 is 0 Å². The van der Waals surface area contributed by atoms with E-state index < -0.39 is 7.26 Å². The second kappa shape index (κ2) is 21.2. The Morgan fingerprint density at radius 1 is 0.438 bits per heavy atom. The summed E-state index contributed by atoms with van der Waals surface area (Å²) < 4.78 is 0. The van der Waals surface area contributed by atoms with Gasteiger partial charge in [-0.2, -0.15) is 0 Å². The molecule has 0 atom stereocenters. The van der Waals surface area contributed by atoms with Crippen LogP contribution in [0.5, 0.6) is 0 Å². The molecule has 186 valence electrons. The molecule has 0 aliphatic carbocycles. The molecule has 0 aliphatic rings. The molecule has 0 radical (unpaired) electrons. The molecule has 1 aromatic rings. The maximum absolute atomic E-state index is 2.42. The summed E-state index contributed by atoms with van der Waals surface area (Å²) >= 11 is 0. The van der Waals surface area contributed by atoms with Gasteiger partial charge in [-0.15, -0.1) is 0 Å². The van der Waals surface area contributed by atoms with E-state index >= 15 is 0 Å². The second-order valence-electron chi connectivity index (χ2n) is 10.5. The van der Waals surface area contributed by atoms with Crippen molar-refractivity contribution in [3.8, 4) is 0 Å². The minimum atomic E-state index is -0.885. The van der Waals surface area contributed by atoms with E-state index in [4.69, 9.17) is 0 Å². The Morgan fingerprint density at radius 3 is 1.16 bits per heavy atom. The van der Waals surface area contributed by atoms with Crippen LogP contribution in [0.15, 0.2) is 30.3 Å². The van der Waals surface area contributed by atoms with Gasteiger partial charge < -0.3 is 0 Å². The summed E-state index contributed by atoms with van der Waals surface area (Å²) in [5.74, 6) is 0. The van der Waals surface area contributed by atoms with E-state index in [0.29, 0.717) is 0 Å². The number of hydrogen-bond acceptors (Lipinski definition) is 0. The fourth-order valence-corrected chi connectivity index (χ4v) is 10.0. The maximum atomic E-state index is 2.42. The van der Waals surface area contributed by atoms with Crippen molar-refractivity contribution in [3.05, 3.63) is 35.9 Å².